The monoisotopic (exact) mass is 406 g/mol. The van der Waals surface area contributed by atoms with Crippen molar-refractivity contribution in [3.05, 3.63) is 12.4 Å². The van der Waals surface area contributed by atoms with Gasteiger partial charge in [0.25, 0.3) is 0 Å². The number of piperidine rings is 1. The number of nitrogens with zero attached hydrogens (tertiary/aromatic N) is 4. The summed E-state index contributed by atoms with van der Waals surface area (Å²) in [5, 5.41) is 0. The lowest BCUT2D eigenvalue weighted by atomic mass is 9.97. The Labute approximate surface area is 171 Å². The number of hydrogen-bond donors (Lipinski definition) is 0. The lowest BCUT2D eigenvalue weighted by Gasteiger charge is -2.35. The van der Waals surface area contributed by atoms with Gasteiger partial charge in [0.15, 0.2) is 0 Å². The van der Waals surface area contributed by atoms with E-state index >= 15 is 0 Å². The van der Waals surface area contributed by atoms with E-state index in [-0.39, 0.29) is 24.0 Å². The first-order valence-corrected chi connectivity index (χ1v) is 10.0. The summed E-state index contributed by atoms with van der Waals surface area (Å²) in [7, 11) is 1.52. The van der Waals surface area contributed by atoms with E-state index in [1.165, 1.54) is 19.5 Å². The van der Waals surface area contributed by atoms with Gasteiger partial charge in [-0.05, 0) is 33.6 Å². The number of aromatic nitrogens is 2. The van der Waals surface area contributed by atoms with Gasteiger partial charge >= 0.3 is 6.09 Å². The van der Waals surface area contributed by atoms with Crippen molar-refractivity contribution in [1.82, 2.24) is 19.8 Å². The van der Waals surface area contributed by atoms with Crippen LogP contribution in [0.15, 0.2) is 12.4 Å². The first-order valence-electron chi connectivity index (χ1n) is 10.0. The van der Waals surface area contributed by atoms with Crippen molar-refractivity contribution >= 4 is 12.0 Å². The molecule has 0 radical (unpaired) electrons. The van der Waals surface area contributed by atoms with Crippen molar-refractivity contribution in [2.75, 3.05) is 33.3 Å². The summed E-state index contributed by atoms with van der Waals surface area (Å²) in [5.74, 6) is 0.642. The first kappa shape index (κ1) is 21.1. The van der Waals surface area contributed by atoms with E-state index in [4.69, 9.17) is 14.2 Å². The molecule has 0 saturated carbocycles. The van der Waals surface area contributed by atoms with Crippen LogP contribution in [0.1, 0.15) is 40.0 Å². The van der Waals surface area contributed by atoms with Gasteiger partial charge in [0, 0.05) is 26.1 Å². The third-order valence-corrected chi connectivity index (χ3v) is 4.97. The molecule has 9 nitrogen and oxygen atoms in total. The standard InChI is InChI=1S/C20H30N4O5/c1-20(2,3)29-19(26)24-8-5-6-14(12-24)18(25)23-9-7-15(13-23)28-17-11-21-10-16(22-17)27-4/h10-11,14-15H,5-9,12-13H2,1-4H3. The van der Waals surface area contributed by atoms with E-state index < -0.39 is 5.60 Å². The fourth-order valence-corrected chi connectivity index (χ4v) is 3.61. The van der Waals surface area contributed by atoms with Gasteiger partial charge in [-0.1, -0.05) is 0 Å². The zero-order valence-corrected chi connectivity index (χ0v) is 17.6. The average Bonchev–Trinajstić information content (AvgIpc) is 3.14. The fourth-order valence-electron chi connectivity index (χ4n) is 3.61. The molecule has 1 aromatic heterocycles. The SMILES string of the molecule is COc1cncc(OC2CCN(C(=O)C3CCCN(C(=O)OC(C)(C)C)C3)C2)n1. The molecule has 0 bridgehead atoms. The summed E-state index contributed by atoms with van der Waals surface area (Å²) >= 11 is 0. The minimum Gasteiger partial charge on any atom is -0.480 e. The van der Waals surface area contributed by atoms with Gasteiger partial charge in [0.05, 0.1) is 32.0 Å². The normalized spacial score (nSPS) is 22.3. The average molecular weight is 406 g/mol. The highest BCUT2D eigenvalue weighted by Gasteiger charge is 2.36. The van der Waals surface area contributed by atoms with Gasteiger partial charge in [-0.3, -0.25) is 9.78 Å². The predicted molar refractivity (Wildman–Crippen MR) is 105 cm³/mol. The zero-order chi connectivity index (χ0) is 21.0. The molecule has 29 heavy (non-hydrogen) atoms. The molecule has 2 unspecified atom stereocenters. The van der Waals surface area contributed by atoms with Gasteiger partial charge in [-0.2, -0.15) is 4.98 Å². The number of likely N-dealkylation sites (tertiary alicyclic amines) is 2. The Hall–Kier alpha value is -2.58. The Morgan fingerprint density at radius 1 is 1.07 bits per heavy atom. The van der Waals surface area contributed by atoms with Crippen LogP contribution in [0, 0.1) is 5.92 Å². The van der Waals surface area contributed by atoms with Crippen LogP contribution in [0.3, 0.4) is 0 Å². The highest BCUT2D eigenvalue weighted by atomic mass is 16.6. The van der Waals surface area contributed by atoms with Crippen molar-refractivity contribution < 1.29 is 23.8 Å². The molecular weight excluding hydrogens is 376 g/mol. The van der Waals surface area contributed by atoms with E-state index in [1.54, 1.807) is 4.90 Å². The number of carbonyl (C=O) groups is 2. The number of amides is 2. The molecule has 0 aromatic carbocycles. The van der Waals surface area contributed by atoms with E-state index in [1.807, 2.05) is 25.7 Å². The third-order valence-electron chi connectivity index (χ3n) is 4.97. The molecular formula is C20H30N4O5. The van der Waals surface area contributed by atoms with Gasteiger partial charge < -0.3 is 24.0 Å². The van der Waals surface area contributed by atoms with Crippen LogP contribution in [-0.2, 0) is 9.53 Å². The lowest BCUT2D eigenvalue weighted by molar-refractivity contribution is -0.136. The molecule has 2 saturated heterocycles. The van der Waals surface area contributed by atoms with Crippen molar-refractivity contribution in [1.29, 1.82) is 0 Å². The Balaban J connectivity index is 1.53. The third kappa shape index (κ3) is 5.71. The molecule has 0 spiro atoms. The predicted octanol–water partition coefficient (Wildman–Crippen LogP) is 2.11. The summed E-state index contributed by atoms with van der Waals surface area (Å²) in [4.78, 5) is 37.0. The van der Waals surface area contributed by atoms with E-state index in [0.717, 1.165) is 19.3 Å². The Morgan fingerprint density at radius 2 is 1.83 bits per heavy atom. The van der Waals surface area contributed by atoms with Crippen LogP contribution in [-0.4, -0.2) is 76.8 Å². The number of hydrogen-bond acceptors (Lipinski definition) is 7. The maximum Gasteiger partial charge on any atom is 0.410 e. The van der Waals surface area contributed by atoms with Gasteiger partial charge in [-0.15, -0.1) is 0 Å². The molecule has 9 heteroatoms. The minimum atomic E-state index is -0.545. The first-order chi connectivity index (χ1) is 13.7. The molecule has 3 heterocycles. The lowest BCUT2D eigenvalue weighted by Crippen LogP contribution is -2.47. The quantitative estimate of drug-likeness (QED) is 0.756. The summed E-state index contributed by atoms with van der Waals surface area (Å²) in [6.07, 6.45) is 4.86. The second-order valence-corrected chi connectivity index (χ2v) is 8.48. The summed E-state index contributed by atoms with van der Waals surface area (Å²) in [5.41, 5.74) is -0.545. The molecule has 0 aliphatic carbocycles. The maximum atomic E-state index is 13.0. The van der Waals surface area contributed by atoms with Gasteiger partial charge in [0.1, 0.15) is 11.7 Å². The molecule has 0 N–H and O–H groups in total. The van der Waals surface area contributed by atoms with Crippen molar-refractivity contribution in [2.24, 2.45) is 5.92 Å². The molecule has 2 amide bonds. The Bertz CT molecular complexity index is 736. The van der Waals surface area contributed by atoms with Crippen molar-refractivity contribution in [3.8, 4) is 11.8 Å². The number of carbonyl (C=O) groups excluding carboxylic acids is 2. The van der Waals surface area contributed by atoms with Crippen LogP contribution in [0.25, 0.3) is 0 Å². The molecule has 2 aliphatic rings. The zero-order valence-electron chi connectivity index (χ0n) is 17.6. The summed E-state index contributed by atoms with van der Waals surface area (Å²) < 4.78 is 16.4. The number of rotatable bonds is 4. The second kappa shape index (κ2) is 8.84. The Kier molecular flexibility index (Phi) is 6.44. The Morgan fingerprint density at radius 3 is 2.55 bits per heavy atom. The summed E-state index contributed by atoms with van der Waals surface area (Å²) in [6.45, 7) is 7.68. The number of ether oxygens (including phenoxy) is 3. The molecule has 3 rings (SSSR count). The molecule has 1 aromatic rings. The van der Waals surface area contributed by atoms with Crippen molar-refractivity contribution in [3.63, 3.8) is 0 Å². The smallest absolute Gasteiger partial charge is 0.410 e. The maximum absolute atomic E-state index is 13.0. The largest absolute Gasteiger partial charge is 0.480 e. The second-order valence-electron chi connectivity index (χ2n) is 8.48. The highest BCUT2D eigenvalue weighted by molar-refractivity contribution is 5.80. The number of methoxy groups -OCH3 is 1. The van der Waals surface area contributed by atoms with Crippen LogP contribution < -0.4 is 9.47 Å². The van der Waals surface area contributed by atoms with Crippen LogP contribution >= 0.6 is 0 Å². The van der Waals surface area contributed by atoms with Gasteiger partial charge in [-0.25, -0.2) is 4.79 Å². The van der Waals surface area contributed by atoms with E-state index in [2.05, 4.69) is 9.97 Å². The van der Waals surface area contributed by atoms with Crippen LogP contribution in [0.5, 0.6) is 11.8 Å². The minimum absolute atomic E-state index is 0.0704. The van der Waals surface area contributed by atoms with Crippen LogP contribution in [0.2, 0.25) is 0 Å². The van der Waals surface area contributed by atoms with Crippen molar-refractivity contribution in [2.45, 2.75) is 51.7 Å². The van der Waals surface area contributed by atoms with Crippen LogP contribution in [0.4, 0.5) is 4.79 Å². The van der Waals surface area contributed by atoms with Gasteiger partial charge in [0.2, 0.25) is 17.7 Å². The molecule has 160 valence electrons. The fraction of sp³-hybridized carbons (Fsp3) is 0.700. The molecule has 2 fully saturated rings. The van der Waals surface area contributed by atoms with E-state index in [0.29, 0.717) is 37.9 Å². The molecule has 2 atom stereocenters. The topological polar surface area (TPSA) is 94.1 Å². The summed E-state index contributed by atoms with van der Waals surface area (Å²) in [6, 6.07) is 0. The molecule has 2 aliphatic heterocycles. The van der Waals surface area contributed by atoms with E-state index in [9.17, 15) is 9.59 Å². The highest BCUT2D eigenvalue weighted by Crippen LogP contribution is 2.24.